The number of alkyl halides is 6. The molecule has 29 heavy (non-hydrogen) atoms. The number of nitrogens with one attached hydrogen (secondary N) is 2. The number of hydrogen-bond donors (Lipinski definition) is 2. The molecule has 2 aromatic heterocycles. The average molecular weight is 451 g/mol. The van der Waals surface area contributed by atoms with Crippen molar-refractivity contribution in [2.45, 2.75) is 38.3 Å². The van der Waals surface area contributed by atoms with E-state index in [2.05, 4.69) is 19.9 Å². The smallest absolute Gasteiger partial charge is 0.408 e. The van der Waals surface area contributed by atoms with E-state index in [-0.39, 0.29) is 27.6 Å². The predicted octanol–water partition coefficient (Wildman–Crippen LogP) is 2.66. The van der Waals surface area contributed by atoms with Crippen LogP contribution in [0.1, 0.15) is 13.8 Å². The minimum atomic E-state index is -4.62. The van der Waals surface area contributed by atoms with Gasteiger partial charge >= 0.3 is 12.4 Å². The molecule has 0 aromatic carbocycles. The molecule has 0 saturated carbocycles. The third-order valence-electron chi connectivity index (χ3n) is 3.25. The second-order valence-electron chi connectivity index (χ2n) is 5.47. The molecule has 0 fully saturated rings. The van der Waals surface area contributed by atoms with Gasteiger partial charge in [-0.25, -0.2) is 4.98 Å². The highest BCUT2D eigenvalue weighted by Crippen LogP contribution is 2.26. The minimum absolute atomic E-state index is 0. The van der Waals surface area contributed by atoms with Crippen molar-refractivity contribution in [1.82, 2.24) is 19.9 Å². The lowest BCUT2D eigenvalue weighted by molar-refractivity contribution is -0.139. The Morgan fingerprint density at radius 3 is 1.62 bits per heavy atom. The van der Waals surface area contributed by atoms with Crippen molar-refractivity contribution in [2.75, 3.05) is 10.6 Å². The lowest BCUT2D eigenvalue weighted by atomic mass is 10.3. The molecule has 2 heterocycles. The number of halogens is 7. The van der Waals surface area contributed by atoms with Crippen LogP contribution in [-0.4, -0.2) is 55.3 Å². The van der Waals surface area contributed by atoms with E-state index in [0.717, 1.165) is 13.8 Å². The summed E-state index contributed by atoms with van der Waals surface area (Å²) in [6, 6.07) is 0.212. The summed E-state index contributed by atoms with van der Waals surface area (Å²) in [5.74, 6) is -1.38. The van der Waals surface area contributed by atoms with E-state index in [0.29, 0.717) is 0 Å². The third-order valence-corrected chi connectivity index (χ3v) is 3.46. The van der Waals surface area contributed by atoms with Crippen molar-refractivity contribution in [3.63, 3.8) is 0 Å². The molecular formula is C14H17ClF6N6O2. The number of rotatable bonds is 5. The maximum Gasteiger partial charge on any atom is 0.408 e. The van der Waals surface area contributed by atoms with Gasteiger partial charge in [0.2, 0.25) is 11.9 Å². The van der Waals surface area contributed by atoms with Crippen LogP contribution in [-0.2, 0) is 0 Å². The van der Waals surface area contributed by atoms with Crippen LogP contribution in [0.4, 0.5) is 38.2 Å². The Labute approximate surface area is 165 Å². The van der Waals surface area contributed by atoms with Crippen LogP contribution in [0.25, 0.3) is 11.5 Å². The number of hydrogen-bond acceptors (Lipinski definition) is 6. The quantitative estimate of drug-likeness (QED) is 0.530. The first-order valence-corrected chi connectivity index (χ1v) is 7.79. The second kappa shape index (κ2) is 9.84. The van der Waals surface area contributed by atoms with Gasteiger partial charge < -0.3 is 21.6 Å². The lowest BCUT2D eigenvalue weighted by Gasteiger charge is -2.20. The SMILES string of the molecule is C[C@@H](Nc1nc(N[C@H](C)C(F)(F)F)nc(-c2cccc(Cl)n2)n1)C(F)(F)F.O.O. The maximum atomic E-state index is 12.8. The predicted molar refractivity (Wildman–Crippen MR) is 93.6 cm³/mol. The van der Waals surface area contributed by atoms with Crippen molar-refractivity contribution in [3.8, 4) is 11.5 Å². The van der Waals surface area contributed by atoms with Crippen molar-refractivity contribution >= 4 is 23.5 Å². The van der Waals surface area contributed by atoms with Crippen LogP contribution in [0.2, 0.25) is 5.15 Å². The molecule has 164 valence electrons. The molecule has 2 atom stereocenters. The number of pyridine rings is 1. The van der Waals surface area contributed by atoms with E-state index in [4.69, 9.17) is 11.6 Å². The first kappa shape index (κ1) is 26.6. The fraction of sp³-hybridized carbons (Fsp3) is 0.429. The number of nitrogens with zero attached hydrogens (tertiary/aromatic N) is 4. The summed E-state index contributed by atoms with van der Waals surface area (Å²) in [6.45, 7) is 1.62. The summed E-state index contributed by atoms with van der Waals surface area (Å²) >= 11 is 5.75. The monoisotopic (exact) mass is 450 g/mol. The van der Waals surface area contributed by atoms with Gasteiger partial charge in [-0.05, 0) is 26.0 Å². The minimum Gasteiger partial charge on any atom is -0.412 e. The van der Waals surface area contributed by atoms with Crippen molar-refractivity contribution in [2.24, 2.45) is 0 Å². The second-order valence-corrected chi connectivity index (χ2v) is 5.85. The molecule has 0 radical (unpaired) electrons. The number of anilines is 2. The Morgan fingerprint density at radius 1 is 0.793 bits per heavy atom. The highest BCUT2D eigenvalue weighted by molar-refractivity contribution is 6.29. The molecule has 0 bridgehead atoms. The Bertz CT molecular complexity index is 767. The lowest BCUT2D eigenvalue weighted by Crippen LogP contribution is -2.35. The molecule has 0 saturated heterocycles. The van der Waals surface area contributed by atoms with Crippen molar-refractivity contribution in [1.29, 1.82) is 0 Å². The van der Waals surface area contributed by atoms with Crippen molar-refractivity contribution in [3.05, 3.63) is 23.4 Å². The van der Waals surface area contributed by atoms with Crippen LogP contribution in [0.5, 0.6) is 0 Å². The summed E-state index contributed by atoms with van der Waals surface area (Å²) < 4.78 is 76.5. The van der Waals surface area contributed by atoms with Gasteiger partial charge in [-0.3, -0.25) is 0 Å². The average Bonchev–Trinajstić information content (AvgIpc) is 2.52. The largest absolute Gasteiger partial charge is 0.412 e. The van der Waals surface area contributed by atoms with E-state index < -0.39 is 36.3 Å². The molecule has 0 spiro atoms. The highest BCUT2D eigenvalue weighted by Gasteiger charge is 2.38. The molecule has 2 rings (SSSR count). The molecule has 0 aliphatic rings. The standard InChI is InChI=1S/C14H13ClF6N6.2H2O/c1-6(13(16,17)18)22-11-25-10(8-4-3-5-9(15)24-8)26-12(27-11)23-7(2)14(19,20)21;;/h3-7H,1-2H3,(H2,22,23,25,26,27);2*1H2/t6-,7-;;/m1../s1. The summed E-state index contributed by atoms with van der Waals surface area (Å²) in [7, 11) is 0. The maximum absolute atomic E-state index is 12.8. The van der Waals surface area contributed by atoms with Gasteiger partial charge in [0, 0.05) is 0 Å². The van der Waals surface area contributed by atoms with Crippen LogP contribution in [0, 0.1) is 0 Å². The molecule has 6 N–H and O–H groups in total. The molecule has 0 aliphatic carbocycles. The van der Waals surface area contributed by atoms with Crippen molar-refractivity contribution < 1.29 is 37.3 Å². The first-order chi connectivity index (χ1) is 12.4. The molecule has 15 heteroatoms. The van der Waals surface area contributed by atoms with Crippen LogP contribution < -0.4 is 10.6 Å². The van der Waals surface area contributed by atoms with Gasteiger partial charge in [0.25, 0.3) is 0 Å². The Balaban J connectivity index is 0.00000392. The van der Waals surface area contributed by atoms with Gasteiger partial charge in [0.1, 0.15) is 22.9 Å². The first-order valence-electron chi connectivity index (χ1n) is 7.42. The van der Waals surface area contributed by atoms with Crippen LogP contribution in [0.3, 0.4) is 0 Å². The van der Waals surface area contributed by atoms with E-state index in [9.17, 15) is 26.3 Å². The Morgan fingerprint density at radius 2 is 1.24 bits per heavy atom. The van der Waals surface area contributed by atoms with E-state index in [1.165, 1.54) is 18.2 Å². The summed E-state index contributed by atoms with van der Waals surface area (Å²) in [6.07, 6.45) is -9.23. The fourth-order valence-electron chi connectivity index (χ4n) is 1.70. The summed E-state index contributed by atoms with van der Waals surface area (Å²) in [5, 5.41) is 4.03. The zero-order valence-electron chi connectivity index (χ0n) is 14.8. The molecule has 0 aliphatic heterocycles. The normalized spacial score (nSPS) is 13.6. The summed E-state index contributed by atoms with van der Waals surface area (Å²) in [4.78, 5) is 15.1. The molecule has 8 nitrogen and oxygen atoms in total. The molecular weight excluding hydrogens is 434 g/mol. The van der Waals surface area contributed by atoms with Crippen LogP contribution in [0.15, 0.2) is 18.2 Å². The van der Waals surface area contributed by atoms with Gasteiger partial charge in [-0.2, -0.15) is 41.3 Å². The molecule has 0 unspecified atom stereocenters. The summed E-state index contributed by atoms with van der Waals surface area (Å²) in [5.41, 5.74) is 0.0512. The molecule has 0 amide bonds. The van der Waals surface area contributed by atoms with Gasteiger partial charge in [-0.1, -0.05) is 17.7 Å². The zero-order valence-corrected chi connectivity index (χ0v) is 15.6. The Hall–Kier alpha value is -2.45. The highest BCUT2D eigenvalue weighted by atomic mass is 35.5. The van der Waals surface area contributed by atoms with E-state index >= 15 is 0 Å². The van der Waals surface area contributed by atoms with Crippen LogP contribution >= 0.6 is 11.6 Å². The van der Waals surface area contributed by atoms with Gasteiger partial charge in [0.15, 0.2) is 5.82 Å². The number of aromatic nitrogens is 4. The van der Waals surface area contributed by atoms with E-state index in [1.807, 2.05) is 10.6 Å². The Kier molecular flexibility index (Phi) is 9.01. The topological polar surface area (TPSA) is 139 Å². The molecule has 2 aromatic rings. The van der Waals surface area contributed by atoms with Gasteiger partial charge in [-0.15, -0.1) is 0 Å². The van der Waals surface area contributed by atoms with Gasteiger partial charge in [0.05, 0.1) is 0 Å². The van der Waals surface area contributed by atoms with E-state index in [1.54, 1.807) is 0 Å². The fourth-order valence-corrected chi connectivity index (χ4v) is 1.87. The zero-order chi connectivity index (χ0) is 20.4. The third kappa shape index (κ3) is 7.47.